The second kappa shape index (κ2) is 11.2. The highest BCUT2D eigenvalue weighted by Gasteiger charge is 2.38. The molecule has 1 fully saturated rings. The van der Waals surface area contributed by atoms with Gasteiger partial charge in [0.1, 0.15) is 11.6 Å². The summed E-state index contributed by atoms with van der Waals surface area (Å²) in [5.41, 5.74) is 1.87. The molecular formula is C28H35N5O5. The summed E-state index contributed by atoms with van der Waals surface area (Å²) in [6.07, 6.45) is 0.136. The number of nitrogens with zero attached hydrogens (tertiary/aromatic N) is 2. The third-order valence-electron chi connectivity index (χ3n) is 6.41. The minimum Gasteiger partial charge on any atom is -0.444 e. The minimum absolute atomic E-state index is 0.106. The Morgan fingerprint density at radius 2 is 1.66 bits per heavy atom. The molecule has 202 valence electrons. The Morgan fingerprint density at radius 3 is 2.37 bits per heavy atom. The summed E-state index contributed by atoms with van der Waals surface area (Å²) in [6, 6.07) is 13.6. The number of anilines is 2. The molecule has 2 heterocycles. The fourth-order valence-corrected chi connectivity index (χ4v) is 4.63. The molecule has 4 rings (SSSR count). The van der Waals surface area contributed by atoms with Crippen molar-refractivity contribution in [3.8, 4) is 0 Å². The van der Waals surface area contributed by atoms with E-state index in [4.69, 9.17) is 4.74 Å². The Balaban J connectivity index is 1.40. The Labute approximate surface area is 222 Å². The maximum Gasteiger partial charge on any atom is 0.412 e. The van der Waals surface area contributed by atoms with Crippen LogP contribution in [0.2, 0.25) is 0 Å². The first-order chi connectivity index (χ1) is 18.0. The first-order valence-corrected chi connectivity index (χ1v) is 12.8. The number of hydrogen-bond donors (Lipinski definition) is 3. The van der Waals surface area contributed by atoms with Crippen LogP contribution in [0.4, 0.5) is 16.2 Å². The zero-order valence-corrected chi connectivity index (χ0v) is 22.2. The number of amides is 4. The number of fused-ring (bicyclic) bond motifs is 2. The van der Waals surface area contributed by atoms with E-state index in [0.29, 0.717) is 24.5 Å². The van der Waals surface area contributed by atoms with Crippen LogP contribution in [-0.4, -0.2) is 52.5 Å². The van der Waals surface area contributed by atoms with Gasteiger partial charge < -0.3 is 15.4 Å². The molecule has 10 nitrogen and oxygen atoms in total. The second-order valence-electron chi connectivity index (χ2n) is 10.7. The zero-order chi connectivity index (χ0) is 27.4. The van der Waals surface area contributed by atoms with Gasteiger partial charge in [-0.3, -0.25) is 24.7 Å². The zero-order valence-electron chi connectivity index (χ0n) is 22.2. The van der Waals surface area contributed by atoms with Crippen LogP contribution in [0, 0.1) is 5.92 Å². The van der Waals surface area contributed by atoms with Crippen molar-refractivity contribution in [3.05, 3.63) is 59.7 Å². The Hall–Kier alpha value is -3.92. The van der Waals surface area contributed by atoms with Gasteiger partial charge in [-0.2, -0.15) is 0 Å². The monoisotopic (exact) mass is 521 g/mol. The molecule has 2 aromatic rings. The maximum atomic E-state index is 13.4. The molecule has 2 aliphatic heterocycles. The topological polar surface area (TPSA) is 120 Å². The normalized spacial score (nSPS) is 18.1. The molecular weight excluding hydrogens is 486 g/mol. The van der Waals surface area contributed by atoms with E-state index in [1.807, 2.05) is 29.3 Å². The summed E-state index contributed by atoms with van der Waals surface area (Å²) in [7, 11) is 0. The highest BCUT2D eigenvalue weighted by Crippen LogP contribution is 2.30. The van der Waals surface area contributed by atoms with Crippen molar-refractivity contribution in [1.82, 2.24) is 15.3 Å². The van der Waals surface area contributed by atoms with Crippen LogP contribution >= 0.6 is 0 Å². The average Bonchev–Trinajstić information content (AvgIpc) is 3.26. The molecule has 0 aliphatic carbocycles. The van der Waals surface area contributed by atoms with Gasteiger partial charge in [0.2, 0.25) is 11.8 Å². The van der Waals surface area contributed by atoms with E-state index in [-0.39, 0.29) is 18.2 Å². The summed E-state index contributed by atoms with van der Waals surface area (Å²) in [4.78, 5) is 51.6. The van der Waals surface area contributed by atoms with Gasteiger partial charge in [0.25, 0.3) is 5.91 Å². The van der Waals surface area contributed by atoms with Crippen molar-refractivity contribution in [1.29, 1.82) is 0 Å². The number of hydrogen-bond acceptors (Lipinski definition) is 6. The third-order valence-corrected chi connectivity index (χ3v) is 6.41. The predicted molar refractivity (Wildman–Crippen MR) is 143 cm³/mol. The van der Waals surface area contributed by atoms with Crippen LogP contribution in [0.25, 0.3) is 0 Å². The molecule has 0 spiro atoms. The number of nitrogens with one attached hydrogen (secondary N) is 3. The first kappa shape index (κ1) is 27.1. The lowest BCUT2D eigenvalue weighted by atomic mass is 9.98. The SMILES string of the molecule is C[C@H](CC(=O)Nc1ccccc1NC(=O)OC(C)(C)C)C(=O)N[C@@H]1C(=O)N2CCCN2Cc2ccccc21. The summed E-state index contributed by atoms with van der Waals surface area (Å²) < 4.78 is 5.29. The van der Waals surface area contributed by atoms with Gasteiger partial charge in [-0.15, -0.1) is 0 Å². The van der Waals surface area contributed by atoms with E-state index in [0.717, 1.165) is 24.1 Å². The number of rotatable bonds is 6. The Bertz CT molecular complexity index is 1220. The van der Waals surface area contributed by atoms with Gasteiger partial charge in [0, 0.05) is 32.0 Å². The molecule has 0 unspecified atom stereocenters. The Kier molecular flexibility index (Phi) is 8.01. The lowest BCUT2D eigenvalue weighted by molar-refractivity contribution is -0.148. The van der Waals surface area contributed by atoms with Crippen LogP contribution in [0.1, 0.15) is 57.7 Å². The van der Waals surface area contributed by atoms with Crippen molar-refractivity contribution in [2.24, 2.45) is 5.92 Å². The van der Waals surface area contributed by atoms with Gasteiger partial charge in [-0.05, 0) is 50.5 Å². The number of hydrazine groups is 1. The van der Waals surface area contributed by atoms with Crippen molar-refractivity contribution >= 4 is 35.2 Å². The van der Waals surface area contributed by atoms with E-state index < -0.39 is 29.6 Å². The largest absolute Gasteiger partial charge is 0.444 e. The van der Waals surface area contributed by atoms with Crippen LogP contribution in [-0.2, 0) is 25.7 Å². The Morgan fingerprint density at radius 1 is 1.00 bits per heavy atom. The van der Waals surface area contributed by atoms with Crippen molar-refractivity contribution < 1.29 is 23.9 Å². The molecule has 0 radical (unpaired) electrons. The van der Waals surface area contributed by atoms with E-state index in [2.05, 4.69) is 16.0 Å². The van der Waals surface area contributed by atoms with Crippen molar-refractivity contribution in [2.45, 2.75) is 58.7 Å². The number of ether oxygens (including phenoxy) is 1. The molecule has 0 bridgehead atoms. The van der Waals surface area contributed by atoms with Crippen molar-refractivity contribution in [2.75, 3.05) is 23.7 Å². The molecule has 10 heteroatoms. The van der Waals surface area contributed by atoms with Gasteiger partial charge in [0.15, 0.2) is 0 Å². The van der Waals surface area contributed by atoms with Gasteiger partial charge in [-0.1, -0.05) is 43.3 Å². The van der Waals surface area contributed by atoms with Crippen LogP contribution in [0.5, 0.6) is 0 Å². The molecule has 4 amide bonds. The number of benzene rings is 2. The fraction of sp³-hybridized carbons (Fsp3) is 0.429. The quantitative estimate of drug-likeness (QED) is 0.532. The molecule has 3 N–H and O–H groups in total. The summed E-state index contributed by atoms with van der Waals surface area (Å²) in [5, 5.41) is 12.0. The molecule has 0 aromatic heterocycles. The summed E-state index contributed by atoms with van der Waals surface area (Å²) in [6.45, 7) is 8.95. The minimum atomic E-state index is -0.814. The maximum absolute atomic E-state index is 13.4. The van der Waals surface area contributed by atoms with Crippen molar-refractivity contribution in [3.63, 3.8) is 0 Å². The molecule has 0 saturated carbocycles. The van der Waals surface area contributed by atoms with Crippen LogP contribution < -0.4 is 16.0 Å². The van der Waals surface area contributed by atoms with E-state index in [9.17, 15) is 19.2 Å². The van der Waals surface area contributed by atoms with E-state index >= 15 is 0 Å². The van der Waals surface area contributed by atoms with Crippen LogP contribution in [0.15, 0.2) is 48.5 Å². The fourth-order valence-electron chi connectivity index (χ4n) is 4.63. The second-order valence-corrected chi connectivity index (χ2v) is 10.7. The van der Waals surface area contributed by atoms with E-state index in [1.54, 1.807) is 57.0 Å². The molecule has 2 aromatic carbocycles. The van der Waals surface area contributed by atoms with Gasteiger partial charge >= 0.3 is 6.09 Å². The standard InChI is InChI=1S/C28H35N5O5/c1-18(16-23(34)29-21-12-7-8-13-22(21)30-27(37)38-28(2,3)4)25(35)31-24-20-11-6-5-10-19(20)17-32-14-9-15-33(32)26(24)36/h5-8,10-13,18,24H,9,14-17H2,1-4H3,(H,29,34)(H,30,37)(H,31,35)/t18-,24+/m1/s1. The molecule has 2 atom stereocenters. The molecule has 38 heavy (non-hydrogen) atoms. The van der Waals surface area contributed by atoms with Crippen LogP contribution in [0.3, 0.4) is 0 Å². The predicted octanol–water partition coefficient (Wildman–Crippen LogP) is 3.82. The van der Waals surface area contributed by atoms with E-state index in [1.165, 1.54) is 0 Å². The van der Waals surface area contributed by atoms with Gasteiger partial charge in [0.05, 0.1) is 11.4 Å². The van der Waals surface area contributed by atoms with Gasteiger partial charge in [-0.25, -0.2) is 9.80 Å². The smallest absolute Gasteiger partial charge is 0.412 e. The number of carbonyl (C=O) groups excluding carboxylic acids is 4. The average molecular weight is 522 g/mol. The summed E-state index contributed by atoms with van der Waals surface area (Å²) in [5.74, 6) is -1.65. The lowest BCUT2D eigenvalue weighted by Crippen LogP contribution is -2.46. The number of para-hydroxylation sites is 2. The summed E-state index contributed by atoms with van der Waals surface area (Å²) >= 11 is 0. The molecule has 1 saturated heterocycles. The first-order valence-electron chi connectivity index (χ1n) is 12.8. The third kappa shape index (κ3) is 6.49. The number of carbonyl (C=O) groups is 4. The highest BCUT2D eigenvalue weighted by molar-refractivity contribution is 5.99. The molecule has 2 aliphatic rings. The lowest BCUT2D eigenvalue weighted by Gasteiger charge is -2.28. The highest BCUT2D eigenvalue weighted by atomic mass is 16.6.